The molecule has 0 aromatic carbocycles. The topological polar surface area (TPSA) is 513 Å². The summed E-state index contributed by atoms with van der Waals surface area (Å²) in [5.74, 6) is -6.03. The fourth-order valence-corrected chi connectivity index (χ4v) is 10.5. The fourth-order valence-electron chi connectivity index (χ4n) is 10.5. The molecule has 1 saturated carbocycles. The lowest BCUT2D eigenvalue weighted by atomic mass is 9.92. The van der Waals surface area contributed by atoms with E-state index < -0.39 is 240 Å². The second kappa shape index (κ2) is 25.0. The van der Waals surface area contributed by atoms with Crippen LogP contribution in [-0.2, 0) is 66.5 Å². The van der Waals surface area contributed by atoms with Gasteiger partial charge in [-0.2, -0.15) is 0 Å². The number of aliphatic hydroxyl groups is 16. The van der Waals surface area contributed by atoms with Crippen LogP contribution in [-0.4, -0.2) is 316 Å². The van der Waals surface area contributed by atoms with Crippen molar-refractivity contribution < 1.29 is 148 Å². The first-order valence-electron chi connectivity index (χ1n) is 24.5. The lowest BCUT2D eigenvalue weighted by Gasteiger charge is -2.51. The highest BCUT2D eigenvalue weighted by Crippen LogP contribution is 2.52. The molecule has 6 saturated heterocycles. The molecule has 76 heavy (non-hydrogen) atoms. The zero-order valence-electron chi connectivity index (χ0n) is 41.2. The molecule has 19 N–H and O–H groups in total. The maximum Gasteiger partial charge on any atom is 0.217 e. The van der Waals surface area contributed by atoms with Gasteiger partial charge in [0.15, 0.2) is 37.2 Å². The number of ether oxygens (including phenoxy) is 11. The Labute approximate surface area is 431 Å². The molecule has 7 fully saturated rings. The van der Waals surface area contributed by atoms with Crippen molar-refractivity contribution in [3.05, 3.63) is 0 Å². The summed E-state index contributed by atoms with van der Waals surface area (Å²) in [4.78, 5) is 37.1. The molecule has 0 radical (unpaired) electrons. The fraction of sp³-hybridized carbons (Fsp3) is 0.930. The Balaban J connectivity index is 1.11. The SMILES string of the molecule is CC(=O)NC1[C@H](OC2C(O)[C@H](O)C(CO)O[C@@H]2O[C@@H]2C(O)[C@H](O[C@@H]3C(CO)O[C@@H](O[C@@H]4C(CO)O[C@@H](C)C(NC(C)=O)[C@H]4O)C(NC(C)=O)[C@H]3O)OC(CO)[C@H]2O)OC(CO)[C@@H](O[C@@H]2OC3C([C@H](O)C2O)C3(O)O)[C@@H]1O. The molecule has 1 aliphatic carbocycles. The molecule has 33 nitrogen and oxygen atoms in total. The van der Waals surface area contributed by atoms with Crippen LogP contribution in [0.1, 0.15) is 27.7 Å². The van der Waals surface area contributed by atoms with Crippen LogP contribution >= 0.6 is 0 Å². The standard InChI is InChI=1S/C43H71N3O30/c1-10-20(44-11(2)52)26(58)32(16(7-49)66-10)71-38-21(45-12(3)53)27(59)34(18(9-51)69-38)73-41-31(63)35(24(56)15(6-48)67-41)74-42-36(29(61)23(55)14(5-47)68-42)75-39-22(46-13(4)54)28(60)33(17(8-50)70-39)72-40-30(62)25(57)19-37(76-40)43(19,64)65/h10,14-42,47-51,55-65H,5-9H2,1-4H3,(H,44,52)(H,45,53)(H,46,54)/t10-,14?,15?,16?,17?,18?,19?,20?,21?,22?,23+,24+,25-,26+,27+,28+,29?,30?,31?,32+,33+,34+,35-,36?,37?,38-,39-,40+,41-,42+/m0/s1. The number of aliphatic hydroxyl groups excluding tert-OH is 14. The maximum atomic E-state index is 12.6. The summed E-state index contributed by atoms with van der Waals surface area (Å²) in [5, 5.41) is 181. The van der Waals surface area contributed by atoms with E-state index in [1.807, 2.05) is 0 Å². The van der Waals surface area contributed by atoms with Crippen LogP contribution in [0, 0.1) is 5.92 Å². The van der Waals surface area contributed by atoms with E-state index in [0.717, 1.165) is 13.8 Å². The molecule has 0 bridgehead atoms. The molecule has 30 atom stereocenters. The highest BCUT2D eigenvalue weighted by molar-refractivity contribution is 5.74. The lowest BCUT2D eigenvalue weighted by molar-refractivity contribution is -0.394. The summed E-state index contributed by atoms with van der Waals surface area (Å²) in [5.41, 5.74) is 0. The molecule has 7 rings (SSSR count). The van der Waals surface area contributed by atoms with Crippen LogP contribution in [0.2, 0.25) is 0 Å². The summed E-state index contributed by atoms with van der Waals surface area (Å²) in [6, 6.07) is -4.51. The number of carbonyl (C=O) groups excluding carboxylic acids is 3. The van der Waals surface area contributed by atoms with Gasteiger partial charge >= 0.3 is 0 Å². The molecular weight excluding hydrogens is 1040 g/mol. The number of fused-ring (bicyclic) bond motifs is 1. The van der Waals surface area contributed by atoms with Crippen molar-refractivity contribution in [1.82, 2.24) is 16.0 Å². The van der Waals surface area contributed by atoms with Crippen LogP contribution in [0.4, 0.5) is 0 Å². The Bertz CT molecular complexity index is 1950. The van der Waals surface area contributed by atoms with Crippen molar-refractivity contribution in [2.24, 2.45) is 5.92 Å². The van der Waals surface area contributed by atoms with Crippen LogP contribution in [0.15, 0.2) is 0 Å². The van der Waals surface area contributed by atoms with Gasteiger partial charge in [0.25, 0.3) is 0 Å². The largest absolute Gasteiger partial charge is 0.394 e. The first kappa shape index (κ1) is 61.0. The minimum atomic E-state index is -2.54. The van der Waals surface area contributed by atoms with Gasteiger partial charge in [-0.15, -0.1) is 0 Å². The second-order valence-electron chi connectivity index (χ2n) is 19.8. The summed E-state index contributed by atoms with van der Waals surface area (Å²) < 4.78 is 64.3. The van der Waals surface area contributed by atoms with Gasteiger partial charge in [0.2, 0.25) is 17.7 Å². The van der Waals surface area contributed by atoms with Gasteiger partial charge < -0.3 is 150 Å². The van der Waals surface area contributed by atoms with Crippen LogP contribution in [0.25, 0.3) is 0 Å². The van der Waals surface area contributed by atoms with Crippen LogP contribution < -0.4 is 16.0 Å². The Kier molecular flexibility index (Phi) is 20.1. The monoisotopic (exact) mass is 1110 g/mol. The van der Waals surface area contributed by atoms with Crippen molar-refractivity contribution >= 4 is 17.7 Å². The van der Waals surface area contributed by atoms with Gasteiger partial charge in [0.05, 0.1) is 57.2 Å². The van der Waals surface area contributed by atoms with Gasteiger partial charge in [-0.1, -0.05) is 0 Å². The Hall–Kier alpha value is -2.67. The second-order valence-corrected chi connectivity index (χ2v) is 19.8. The first-order chi connectivity index (χ1) is 35.8. The summed E-state index contributed by atoms with van der Waals surface area (Å²) >= 11 is 0. The van der Waals surface area contributed by atoms with Crippen LogP contribution in [0.3, 0.4) is 0 Å². The van der Waals surface area contributed by atoms with Crippen molar-refractivity contribution in [3.8, 4) is 0 Å². The first-order valence-corrected chi connectivity index (χ1v) is 24.5. The van der Waals surface area contributed by atoms with Gasteiger partial charge in [-0.05, 0) is 6.92 Å². The van der Waals surface area contributed by atoms with E-state index >= 15 is 0 Å². The number of nitrogens with one attached hydrogen (secondary N) is 3. The maximum absolute atomic E-state index is 12.6. The quantitative estimate of drug-likeness (QED) is 0.0567. The molecule has 0 spiro atoms. The Morgan fingerprint density at radius 2 is 0.763 bits per heavy atom. The van der Waals surface area contributed by atoms with E-state index in [9.17, 15) is 96.1 Å². The average Bonchev–Trinajstić information content (AvgIpc) is 3.93. The van der Waals surface area contributed by atoms with E-state index in [1.165, 1.54) is 13.8 Å². The van der Waals surface area contributed by atoms with Gasteiger partial charge in [-0.3, -0.25) is 14.4 Å². The zero-order valence-corrected chi connectivity index (χ0v) is 41.2. The number of rotatable bonds is 18. The van der Waals surface area contributed by atoms with Crippen molar-refractivity contribution in [2.45, 2.75) is 211 Å². The van der Waals surface area contributed by atoms with Gasteiger partial charge in [-0.25, -0.2) is 0 Å². The minimum absolute atomic E-state index is 0.549. The predicted molar refractivity (Wildman–Crippen MR) is 235 cm³/mol. The van der Waals surface area contributed by atoms with Crippen LogP contribution in [0.5, 0.6) is 0 Å². The highest BCUT2D eigenvalue weighted by Gasteiger charge is 2.73. The predicted octanol–water partition coefficient (Wildman–Crippen LogP) is -12.6. The third kappa shape index (κ3) is 12.3. The van der Waals surface area contributed by atoms with Crippen molar-refractivity contribution in [1.29, 1.82) is 0 Å². The number of carbonyl (C=O) groups is 3. The molecule has 3 amide bonds. The molecule has 0 aromatic rings. The lowest BCUT2D eigenvalue weighted by Crippen LogP contribution is -2.70. The van der Waals surface area contributed by atoms with Crippen molar-refractivity contribution in [3.63, 3.8) is 0 Å². The molecule has 6 aliphatic heterocycles. The molecular formula is C43H71N3O30. The smallest absolute Gasteiger partial charge is 0.217 e. The molecule has 6 heterocycles. The van der Waals surface area contributed by atoms with E-state index in [0.29, 0.717) is 0 Å². The number of amides is 3. The van der Waals surface area contributed by atoms with E-state index in [-0.39, 0.29) is 0 Å². The normalized spacial score (nSPS) is 49.3. The van der Waals surface area contributed by atoms with E-state index in [2.05, 4.69) is 16.0 Å². The molecule has 0 aromatic heterocycles. The zero-order chi connectivity index (χ0) is 56.0. The summed E-state index contributed by atoms with van der Waals surface area (Å²) in [7, 11) is 0. The van der Waals surface area contributed by atoms with Gasteiger partial charge in [0, 0.05) is 20.8 Å². The van der Waals surface area contributed by atoms with E-state index in [1.54, 1.807) is 0 Å². The van der Waals surface area contributed by atoms with Crippen molar-refractivity contribution in [2.75, 3.05) is 33.0 Å². The molecule has 438 valence electrons. The van der Waals surface area contributed by atoms with E-state index in [4.69, 9.17) is 52.1 Å². The third-order valence-electron chi connectivity index (χ3n) is 14.5. The Morgan fingerprint density at radius 3 is 1.24 bits per heavy atom. The number of hydrogen-bond acceptors (Lipinski definition) is 30. The summed E-state index contributed by atoms with van der Waals surface area (Å²) in [6.45, 7) is -0.00405. The third-order valence-corrected chi connectivity index (χ3v) is 14.5. The summed E-state index contributed by atoms with van der Waals surface area (Å²) in [6.07, 6.45) is -47.2. The average molecular weight is 1110 g/mol. The van der Waals surface area contributed by atoms with Gasteiger partial charge in [0.1, 0.15) is 128 Å². The molecule has 33 heteroatoms. The molecule has 7 aliphatic rings. The molecule has 14 unspecified atom stereocenters. The number of hydrogen-bond donors (Lipinski definition) is 19. The minimum Gasteiger partial charge on any atom is -0.394 e. The highest BCUT2D eigenvalue weighted by atomic mass is 16.8. The Morgan fingerprint density at radius 1 is 0.395 bits per heavy atom.